The number of carbonyl (C=O) groups is 1. The third-order valence-corrected chi connectivity index (χ3v) is 3.62. The Kier molecular flexibility index (Phi) is 6.32. The minimum absolute atomic E-state index is 0.132. The van der Waals surface area contributed by atoms with Gasteiger partial charge in [0.05, 0.1) is 16.6 Å². The fraction of sp³-hybridized carbons (Fsp3) is 0.118. The van der Waals surface area contributed by atoms with E-state index in [1.54, 1.807) is 24.3 Å². The average Bonchev–Trinajstić information content (AvgIpc) is 2.55. The van der Waals surface area contributed by atoms with Crippen LogP contribution in [-0.4, -0.2) is 19.1 Å². The van der Waals surface area contributed by atoms with Crippen molar-refractivity contribution in [1.29, 1.82) is 0 Å². The summed E-state index contributed by atoms with van der Waals surface area (Å²) in [5.41, 5.74) is 1.42. The number of nitrogens with one attached hydrogen (secondary N) is 2. The molecule has 0 aromatic heterocycles. The van der Waals surface area contributed by atoms with E-state index in [1.807, 2.05) is 24.3 Å². The molecule has 0 fully saturated rings. The maximum absolute atomic E-state index is 11.9. The van der Waals surface area contributed by atoms with Crippen molar-refractivity contribution in [3.05, 3.63) is 65.2 Å². The maximum atomic E-state index is 11.9. The Bertz CT molecular complexity index is 687. The van der Waals surface area contributed by atoms with Gasteiger partial charge >= 0.3 is 0 Å². The van der Waals surface area contributed by atoms with Gasteiger partial charge in [-0.05, 0) is 42.5 Å². The molecule has 2 aromatic carbocycles. The van der Waals surface area contributed by atoms with Crippen LogP contribution in [0.2, 0.25) is 10.0 Å². The molecule has 0 spiro atoms. The van der Waals surface area contributed by atoms with Crippen LogP contribution < -0.4 is 15.4 Å². The fourth-order valence-corrected chi connectivity index (χ4v) is 2.08. The minimum atomic E-state index is -0.185. The zero-order chi connectivity index (χ0) is 16.7. The Balaban J connectivity index is 1.83. The number of anilines is 2. The van der Waals surface area contributed by atoms with Gasteiger partial charge in [-0.25, -0.2) is 0 Å². The second-order valence-corrected chi connectivity index (χ2v) is 5.47. The molecule has 0 radical (unpaired) electrons. The first-order valence-corrected chi connectivity index (χ1v) is 7.66. The molecular formula is C17H16Cl2N2O2. The van der Waals surface area contributed by atoms with Gasteiger partial charge in [-0.2, -0.15) is 0 Å². The van der Waals surface area contributed by atoms with Gasteiger partial charge in [0.25, 0.3) is 0 Å². The standard InChI is InChI=1S/C17H16Cl2N2O2/c1-2-9-23-14-6-3-12(4-7-14)20-11-17(22)21-13-5-8-15(18)16(19)10-13/h2-8,10,20H,1,9,11H2,(H,21,22). The molecule has 0 aliphatic rings. The van der Waals surface area contributed by atoms with Crippen LogP contribution in [0, 0.1) is 0 Å². The number of carbonyl (C=O) groups excluding carboxylic acids is 1. The van der Waals surface area contributed by atoms with Gasteiger partial charge in [-0.1, -0.05) is 35.9 Å². The lowest BCUT2D eigenvalue weighted by molar-refractivity contribution is -0.114. The van der Waals surface area contributed by atoms with Gasteiger partial charge in [0.1, 0.15) is 12.4 Å². The van der Waals surface area contributed by atoms with Gasteiger partial charge in [-0.15, -0.1) is 0 Å². The molecule has 0 atom stereocenters. The second kappa shape index (κ2) is 8.46. The Labute approximate surface area is 145 Å². The quantitative estimate of drug-likeness (QED) is 0.717. The number of benzene rings is 2. The maximum Gasteiger partial charge on any atom is 0.243 e. The van der Waals surface area contributed by atoms with Gasteiger partial charge in [0, 0.05) is 11.4 Å². The Morgan fingerprint density at radius 2 is 1.78 bits per heavy atom. The molecular weight excluding hydrogens is 335 g/mol. The largest absolute Gasteiger partial charge is 0.490 e. The topological polar surface area (TPSA) is 50.4 Å². The molecule has 2 aromatic rings. The SMILES string of the molecule is C=CCOc1ccc(NCC(=O)Nc2ccc(Cl)c(Cl)c2)cc1. The molecule has 120 valence electrons. The van der Waals surface area contributed by atoms with E-state index < -0.39 is 0 Å². The first-order chi connectivity index (χ1) is 11.1. The van der Waals surface area contributed by atoms with Gasteiger partial charge in [0.2, 0.25) is 5.91 Å². The number of halogens is 2. The normalized spacial score (nSPS) is 10.0. The fourth-order valence-electron chi connectivity index (χ4n) is 1.79. The smallest absolute Gasteiger partial charge is 0.243 e. The van der Waals surface area contributed by atoms with Crippen molar-refractivity contribution in [2.24, 2.45) is 0 Å². The first kappa shape index (κ1) is 17.2. The summed E-state index contributed by atoms with van der Waals surface area (Å²) in [5, 5.41) is 6.61. The first-order valence-electron chi connectivity index (χ1n) is 6.91. The van der Waals surface area contributed by atoms with Crippen molar-refractivity contribution >= 4 is 40.5 Å². The number of hydrogen-bond acceptors (Lipinski definition) is 3. The van der Waals surface area contributed by atoms with Crippen molar-refractivity contribution in [2.45, 2.75) is 0 Å². The van der Waals surface area contributed by atoms with E-state index in [0.29, 0.717) is 22.3 Å². The van der Waals surface area contributed by atoms with Crippen LogP contribution in [0.1, 0.15) is 0 Å². The Hall–Kier alpha value is -2.17. The summed E-state index contributed by atoms with van der Waals surface area (Å²) in [7, 11) is 0. The number of rotatable bonds is 7. The van der Waals surface area contributed by atoms with Crippen LogP contribution in [0.4, 0.5) is 11.4 Å². The molecule has 0 bridgehead atoms. The summed E-state index contributed by atoms with van der Waals surface area (Å²) in [6.45, 7) is 4.18. The van der Waals surface area contributed by atoms with Crippen molar-refractivity contribution in [3.63, 3.8) is 0 Å². The van der Waals surface area contributed by atoms with Gasteiger partial charge < -0.3 is 15.4 Å². The highest BCUT2D eigenvalue weighted by molar-refractivity contribution is 6.42. The van der Waals surface area contributed by atoms with E-state index in [9.17, 15) is 4.79 Å². The van der Waals surface area contributed by atoms with E-state index in [2.05, 4.69) is 17.2 Å². The Morgan fingerprint density at radius 1 is 1.09 bits per heavy atom. The molecule has 23 heavy (non-hydrogen) atoms. The highest BCUT2D eigenvalue weighted by Gasteiger charge is 2.05. The highest BCUT2D eigenvalue weighted by atomic mass is 35.5. The van der Waals surface area contributed by atoms with E-state index in [-0.39, 0.29) is 12.5 Å². The summed E-state index contributed by atoms with van der Waals surface area (Å²) in [6.07, 6.45) is 1.68. The molecule has 2 rings (SSSR count). The van der Waals surface area contributed by atoms with E-state index in [0.717, 1.165) is 11.4 Å². The predicted octanol–water partition coefficient (Wildman–Crippen LogP) is 4.61. The monoisotopic (exact) mass is 350 g/mol. The van der Waals surface area contributed by atoms with E-state index >= 15 is 0 Å². The van der Waals surface area contributed by atoms with Crippen molar-refractivity contribution in [1.82, 2.24) is 0 Å². The molecule has 2 N–H and O–H groups in total. The summed E-state index contributed by atoms with van der Waals surface area (Å²) >= 11 is 11.7. The van der Waals surface area contributed by atoms with E-state index in [4.69, 9.17) is 27.9 Å². The van der Waals surface area contributed by atoms with Crippen molar-refractivity contribution in [2.75, 3.05) is 23.8 Å². The van der Waals surface area contributed by atoms with Crippen LogP contribution in [0.5, 0.6) is 5.75 Å². The number of amides is 1. The van der Waals surface area contributed by atoms with Crippen LogP contribution >= 0.6 is 23.2 Å². The zero-order valence-electron chi connectivity index (χ0n) is 12.3. The lowest BCUT2D eigenvalue weighted by Crippen LogP contribution is -2.21. The third-order valence-electron chi connectivity index (χ3n) is 2.88. The molecule has 0 heterocycles. The lowest BCUT2D eigenvalue weighted by Gasteiger charge is -2.09. The molecule has 6 heteroatoms. The summed E-state index contributed by atoms with van der Waals surface area (Å²) in [5.74, 6) is 0.561. The molecule has 0 saturated heterocycles. The van der Waals surface area contributed by atoms with Crippen molar-refractivity contribution < 1.29 is 9.53 Å². The average molecular weight is 351 g/mol. The Morgan fingerprint density at radius 3 is 2.43 bits per heavy atom. The molecule has 0 unspecified atom stereocenters. The second-order valence-electron chi connectivity index (χ2n) is 4.65. The van der Waals surface area contributed by atoms with Crippen LogP contribution in [0.3, 0.4) is 0 Å². The van der Waals surface area contributed by atoms with E-state index in [1.165, 1.54) is 0 Å². The van der Waals surface area contributed by atoms with Crippen molar-refractivity contribution in [3.8, 4) is 5.75 Å². The number of ether oxygens (including phenoxy) is 1. The highest BCUT2D eigenvalue weighted by Crippen LogP contribution is 2.25. The minimum Gasteiger partial charge on any atom is -0.490 e. The van der Waals surface area contributed by atoms with Crippen LogP contribution in [-0.2, 0) is 4.79 Å². The summed E-state index contributed by atoms with van der Waals surface area (Å²) in [6, 6.07) is 12.3. The molecule has 0 aliphatic carbocycles. The van der Waals surface area contributed by atoms with Crippen LogP contribution in [0.25, 0.3) is 0 Å². The molecule has 1 amide bonds. The predicted molar refractivity (Wildman–Crippen MR) is 95.7 cm³/mol. The van der Waals surface area contributed by atoms with Crippen LogP contribution in [0.15, 0.2) is 55.1 Å². The number of hydrogen-bond donors (Lipinski definition) is 2. The summed E-state index contributed by atoms with van der Waals surface area (Å²) < 4.78 is 5.39. The molecule has 4 nitrogen and oxygen atoms in total. The zero-order valence-corrected chi connectivity index (χ0v) is 13.8. The van der Waals surface area contributed by atoms with Gasteiger partial charge in [0.15, 0.2) is 0 Å². The third kappa shape index (κ3) is 5.51. The van der Waals surface area contributed by atoms with Gasteiger partial charge in [-0.3, -0.25) is 4.79 Å². The lowest BCUT2D eigenvalue weighted by atomic mass is 10.3. The molecule has 0 aliphatic heterocycles. The summed E-state index contributed by atoms with van der Waals surface area (Å²) in [4.78, 5) is 11.9. The molecule has 0 saturated carbocycles.